The molecule has 0 aromatic heterocycles. The van der Waals surface area contributed by atoms with E-state index in [2.05, 4.69) is 5.32 Å². The van der Waals surface area contributed by atoms with E-state index in [1.807, 2.05) is 0 Å². The second kappa shape index (κ2) is 5.45. The molecule has 1 N–H and O–H groups in total. The van der Waals surface area contributed by atoms with Gasteiger partial charge in [0.15, 0.2) is 0 Å². The highest BCUT2D eigenvalue weighted by Crippen LogP contribution is 2.29. The smallest absolute Gasteiger partial charge is 0.133 e. The van der Waals surface area contributed by atoms with E-state index in [0.29, 0.717) is 23.2 Å². The molecule has 4 heteroatoms. The van der Waals surface area contributed by atoms with Crippen LogP contribution in [-0.2, 0) is 6.54 Å². The fourth-order valence-corrected chi connectivity index (χ4v) is 2.03. The molecule has 0 saturated carbocycles. The molecule has 100 valence electrons. The van der Waals surface area contributed by atoms with E-state index in [-0.39, 0.29) is 11.4 Å². The quantitative estimate of drug-likeness (QED) is 0.890. The number of halogens is 3. The van der Waals surface area contributed by atoms with Crippen molar-refractivity contribution in [2.45, 2.75) is 13.5 Å². The predicted molar refractivity (Wildman–Crippen MR) is 69.3 cm³/mol. The van der Waals surface area contributed by atoms with Crippen LogP contribution in [0.2, 0.25) is 0 Å². The minimum atomic E-state index is -0.646. The summed E-state index contributed by atoms with van der Waals surface area (Å²) in [6.07, 6.45) is 0. The van der Waals surface area contributed by atoms with E-state index in [1.54, 1.807) is 14.0 Å². The first-order chi connectivity index (χ1) is 9.02. The van der Waals surface area contributed by atoms with Gasteiger partial charge in [-0.15, -0.1) is 0 Å². The number of benzene rings is 2. The van der Waals surface area contributed by atoms with Crippen LogP contribution < -0.4 is 5.32 Å². The van der Waals surface area contributed by atoms with E-state index >= 15 is 0 Å². The summed E-state index contributed by atoms with van der Waals surface area (Å²) in [5.74, 6) is -1.61. The van der Waals surface area contributed by atoms with Crippen molar-refractivity contribution in [3.05, 3.63) is 58.9 Å². The highest BCUT2D eigenvalue weighted by molar-refractivity contribution is 5.68. The highest BCUT2D eigenvalue weighted by Gasteiger charge is 2.13. The van der Waals surface area contributed by atoms with Crippen molar-refractivity contribution in [3.63, 3.8) is 0 Å². The van der Waals surface area contributed by atoms with Gasteiger partial charge in [-0.05, 0) is 48.9 Å². The first-order valence-electron chi connectivity index (χ1n) is 5.92. The van der Waals surface area contributed by atoms with Crippen LogP contribution in [0, 0.1) is 24.4 Å². The summed E-state index contributed by atoms with van der Waals surface area (Å²) in [6.45, 7) is 1.97. The Bertz CT molecular complexity index is 609. The summed E-state index contributed by atoms with van der Waals surface area (Å²) in [6, 6.07) is 6.43. The van der Waals surface area contributed by atoms with Gasteiger partial charge in [0.1, 0.15) is 17.5 Å². The van der Waals surface area contributed by atoms with Crippen molar-refractivity contribution < 1.29 is 13.2 Å². The third-order valence-corrected chi connectivity index (χ3v) is 2.97. The standard InChI is InChI=1S/C15H14F3N/c1-9-5-13(15(18)7-14(9)17)12-4-3-11(16)6-10(12)8-19-2/h3-7,19H,8H2,1-2H3. The Morgan fingerprint density at radius 3 is 2.37 bits per heavy atom. The molecule has 0 aliphatic heterocycles. The van der Waals surface area contributed by atoms with Gasteiger partial charge in [-0.1, -0.05) is 6.07 Å². The maximum atomic E-state index is 13.9. The zero-order valence-corrected chi connectivity index (χ0v) is 10.7. The van der Waals surface area contributed by atoms with Crippen LogP contribution in [0.25, 0.3) is 11.1 Å². The van der Waals surface area contributed by atoms with Crippen LogP contribution >= 0.6 is 0 Å². The number of hydrogen-bond acceptors (Lipinski definition) is 1. The monoisotopic (exact) mass is 265 g/mol. The maximum absolute atomic E-state index is 13.9. The average molecular weight is 265 g/mol. The Hall–Kier alpha value is -1.81. The lowest BCUT2D eigenvalue weighted by Crippen LogP contribution is -2.07. The molecule has 2 rings (SSSR count). The van der Waals surface area contributed by atoms with Crippen LogP contribution in [-0.4, -0.2) is 7.05 Å². The van der Waals surface area contributed by atoms with E-state index in [9.17, 15) is 13.2 Å². The van der Waals surface area contributed by atoms with Crippen LogP contribution in [0.15, 0.2) is 30.3 Å². The van der Waals surface area contributed by atoms with Crippen molar-refractivity contribution in [2.75, 3.05) is 7.05 Å². The van der Waals surface area contributed by atoms with E-state index in [0.717, 1.165) is 6.07 Å². The first kappa shape index (κ1) is 13.6. The van der Waals surface area contributed by atoms with E-state index in [1.165, 1.54) is 24.3 Å². The molecule has 0 radical (unpaired) electrons. The topological polar surface area (TPSA) is 12.0 Å². The molecule has 0 spiro atoms. The fraction of sp³-hybridized carbons (Fsp3) is 0.200. The van der Waals surface area contributed by atoms with Gasteiger partial charge in [-0.2, -0.15) is 0 Å². The minimum Gasteiger partial charge on any atom is -0.316 e. The molecule has 0 bridgehead atoms. The molecule has 19 heavy (non-hydrogen) atoms. The number of hydrogen-bond donors (Lipinski definition) is 1. The lowest BCUT2D eigenvalue weighted by Gasteiger charge is -2.12. The predicted octanol–water partition coefficient (Wildman–Crippen LogP) is 3.80. The molecule has 0 aliphatic carbocycles. The lowest BCUT2D eigenvalue weighted by atomic mass is 9.97. The number of aryl methyl sites for hydroxylation is 1. The minimum absolute atomic E-state index is 0.282. The third-order valence-electron chi connectivity index (χ3n) is 2.97. The van der Waals surface area contributed by atoms with E-state index in [4.69, 9.17) is 0 Å². The van der Waals surface area contributed by atoms with E-state index < -0.39 is 11.6 Å². The molecule has 0 unspecified atom stereocenters. The summed E-state index contributed by atoms with van der Waals surface area (Å²) >= 11 is 0. The van der Waals surface area contributed by atoms with Crippen molar-refractivity contribution in [2.24, 2.45) is 0 Å². The lowest BCUT2D eigenvalue weighted by molar-refractivity contribution is 0.579. The van der Waals surface area contributed by atoms with Gasteiger partial charge in [0.2, 0.25) is 0 Å². The first-order valence-corrected chi connectivity index (χ1v) is 5.92. The molecule has 0 atom stereocenters. The van der Waals surface area contributed by atoms with Crippen LogP contribution in [0.5, 0.6) is 0 Å². The zero-order valence-electron chi connectivity index (χ0n) is 10.7. The zero-order chi connectivity index (χ0) is 14.0. The van der Waals surface area contributed by atoms with Gasteiger partial charge in [0.05, 0.1) is 0 Å². The van der Waals surface area contributed by atoms with Crippen LogP contribution in [0.1, 0.15) is 11.1 Å². The summed E-state index contributed by atoms with van der Waals surface area (Å²) < 4.78 is 40.4. The fourth-order valence-electron chi connectivity index (χ4n) is 2.03. The van der Waals surface area contributed by atoms with Crippen molar-refractivity contribution >= 4 is 0 Å². The second-order valence-corrected chi connectivity index (χ2v) is 4.41. The molecular formula is C15H14F3N. The molecule has 0 saturated heterocycles. The third kappa shape index (κ3) is 2.79. The maximum Gasteiger partial charge on any atom is 0.133 e. The average Bonchev–Trinajstić information content (AvgIpc) is 2.35. The molecule has 2 aromatic carbocycles. The SMILES string of the molecule is CNCc1cc(F)ccc1-c1cc(C)c(F)cc1F. The Morgan fingerprint density at radius 2 is 1.68 bits per heavy atom. The second-order valence-electron chi connectivity index (χ2n) is 4.41. The van der Waals surface area contributed by atoms with Crippen molar-refractivity contribution in [1.82, 2.24) is 5.32 Å². The Labute approximate surface area is 110 Å². The van der Waals surface area contributed by atoms with Crippen molar-refractivity contribution in [3.8, 4) is 11.1 Å². The number of rotatable bonds is 3. The molecular weight excluding hydrogens is 251 g/mol. The van der Waals surface area contributed by atoms with Gasteiger partial charge in [-0.3, -0.25) is 0 Å². The summed E-state index contributed by atoms with van der Waals surface area (Å²) in [7, 11) is 1.72. The molecule has 1 nitrogen and oxygen atoms in total. The van der Waals surface area contributed by atoms with Crippen molar-refractivity contribution in [1.29, 1.82) is 0 Å². The van der Waals surface area contributed by atoms with Gasteiger partial charge in [-0.25, -0.2) is 13.2 Å². The normalized spacial score (nSPS) is 10.8. The summed E-state index contributed by atoms with van der Waals surface area (Å²) in [5, 5.41) is 2.90. The van der Waals surface area contributed by atoms with Crippen LogP contribution in [0.4, 0.5) is 13.2 Å². The molecule has 2 aromatic rings. The Balaban J connectivity index is 2.61. The molecule has 0 heterocycles. The van der Waals surface area contributed by atoms with Gasteiger partial charge < -0.3 is 5.32 Å². The van der Waals surface area contributed by atoms with Gasteiger partial charge in [0.25, 0.3) is 0 Å². The molecule has 0 amide bonds. The largest absolute Gasteiger partial charge is 0.316 e. The summed E-state index contributed by atoms with van der Waals surface area (Å²) in [5.41, 5.74) is 1.84. The summed E-state index contributed by atoms with van der Waals surface area (Å²) in [4.78, 5) is 0. The highest BCUT2D eigenvalue weighted by atomic mass is 19.1. The Morgan fingerprint density at radius 1 is 0.947 bits per heavy atom. The Kier molecular flexibility index (Phi) is 3.90. The van der Waals surface area contributed by atoms with Gasteiger partial charge >= 0.3 is 0 Å². The van der Waals surface area contributed by atoms with Crippen LogP contribution in [0.3, 0.4) is 0 Å². The molecule has 0 aliphatic rings. The van der Waals surface area contributed by atoms with Gasteiger partial charge in [0, 0.05) is 18.2 Å². The number of nitrogens with one attached hydrogen (secondary N) is 1. The molecule has 0 fully saturated rings.